The minimum atomic E-state index is 0.479. The number of para-hydroxylation sites is 1. The number of aromatic nitrogens is 3. The number of halogens is 1. The highest BCUT2D eigenvalue weighted by atomic mass is 35.5. The van der Waals surface area contributed by atoms with E-state index in [-0.39, 0.29) is 0 Å². The Morgan fingerprint density at radius 3 is 2.67 bits per heavy atom. The maximum Gasteiger partial charge on any atom is 0.131 e. The van der Waals surface area contributed by atoms with Gasteiger partial charge in [-0.05, 0) is 31.2 Å². The Morgan fingerprint density at radius 2 is 1.90 bits per heavy atom. The molecule has 0 atom stereocenters. The Kier molecular flexibility index (Phi) is 3.88. The van der Waals surface area contributed by atoms with Gasteiger partial charge < -0.3 is 5.32 Å². The second-order valence-electron chi connectivity index (χ2n) is 4.67. The van der Waals surface area contributed by atoms with Crippen LogP contribution < -0.4 is 5.32 Å². The lowest BCUT2D eigenvalue weighted by molar-refractivity contribution is 0.897. The van der Waals surface area contributed by atoms with Crippen LogP contribution in [-0.4, -0.2) is 14.5 Å². The molecule has 0 unspecified atom stereocenters. The Morgan fingerprint density at radius 1 is 1.10 bits per heavy atom. The van der Waals surface area contributed by atoms with Gasteiger partial charge in [0, 0.05) is 5.69 Å². The van der Waals surface area contributed by atoms with Crippen LogP contribution in [0.2, 0.25) is 5.15 Å². The normalized spacial score (nSPS) is 10.6. The molecule has 2 aromatic heterocycles. The summed E-state index contributed by atoms with van der Waals surface area (Å²) >= 11 is 5.89. The zero-order valence-corrected chi connectivity index (χ0v) is 12.4. The van der Waals surface area contributed by atoms with Crippen molar-refractivity contribution in [3.63, 3.8) is 0 Å². The van der Waals surface area contributed by atoms with Crippen LogP contribution in [0.3, 0.4) is 0 Å². The molecule has 21 heavy (non-hydrogen) atoms. The minimum Gasteiger partial charge on any atom is -0.364 e. The summed E-state index contributed by atoms with van der Waals surface area (Å²) in [6.45, 7) is 2.62. The second kappa shape index (κ2) is 5.97. The Hall–Kier alpha value is -2.33. The van der Waals surface area contributed by atoms with Crippen molar-refractivity contribution in [3.8, 4) is 5.69 Å². The Labute approximate surface area is 128 Å². The Bertz CT molecular complexity index is 737. The first-order valence-electron chi connectivity index (χ1n) is 6.69. The van der Waals surface area contributed by atoms with Crippen molar-refractivity contribution < 1.29 is 0 Å². The number of benzene rings is 1. The van der Waals surface area contributed by atoms with Gasteiger partial charge in [-0.15, -0.1) is 0 Å². The molecule has 1 aromatic carbocycles. The van der Waals surface area contributed by atoms with Crippen molar-refractivity contribution >= 4 is 17.4 Å². The summed E-state index contributed by atoms with van der Waals surface area (Å²) < 4.78 is 2.12. The van der Waals surface area contributed by atoms with Gasteiger partial charge in [-0.25, -0.2) is 9.97 Å². The first-order valence-corrected chi connectivity index (χ1v) is 7.07. The van der Waals surface area contributed by atoms with Gasteiger partial charge >= 0.3 is 0 Å². The molecule has 5 heteroatoms. The number of imidazole rings is 1. The first-order chi connectivity index (χ1) is 10.2. The summed E-state index contributed by atoms with van der Waals surface area (Å²) in [6.07, 6.45) is 1.87. The van der Waals surface area contributed by atoms with Crippen molar-refractivity contribution in [3.05, 3.63) is 71.4 Å². The zero-order valence-electron chi connectivity index (χ0n) is 11.6. The maximum absolute atomic E-state index is 5.89. The molecule has 0 radical (unpaired) electrons. The van der Waals surface area contributed by atoms with E-state index in [2.05, 4.69) is 32.0 Å². The van der Waals surface area contributed by atoms with Gasteiger partial charge in [-0.3, -0.25) is 4.57 Å². The molecule has 0 saturated heterocycles. The number of hydrogen-bond donors (Lipinski definition) is 1. The van der Waals surface area contributed by atoms with E-state index in [0.717, 1.165) is 23.0 Å². The highest BCUT2D eigenvalue weighted by Gasteiger charge is 2.08. The molecule has 0 spiro atoms. The molecule has 0 aliphatic heterocycles. The molecule has 3 aromatic rings. The van der Waals surface area contributed by atoms with E-state index in [1.54, 1.807) is 6.07 Å². The van der Waals surface area contributed by atoms with Crippen LogP contribution >= 0.6 is 11.6 Å². The fraction of sp³-hybridized carbons (Fsp3) is 0.125. The van der Waals surface area contributed by atoms with Gasteiger partial charge in [0.15, 0.2) is 0 Å². The molecule has 0 saturated carbocycles. The van der Waals surface area contributed by atoms with Gasteiger partial charge in [0.1, 0.15) is 16.8 Å². The van der Waals surface area contributed by atoms with E-state index in [1.165, 1.54) is 0 Å². The molecule has 2 heterocycles. The molecular weight excluding hydrogens is 284 g/mol. The summed E-state index contributed by atoms with van der Waals surface area (Å²) in [5, 5.41) is 3.75. The third kappa shape index (κ3) is 3.06. The fourth-order valence-electron chi connectivity index (χ4n) is 2.23. The highest BCUT2D eigenvalue weighted by molar-refractivity contribution is 6.29. The lowest BCUT2D eigenvalue weighted by atomic mass is 10.3. The average molecular weight is 299 g/mol. The van der Waals surface area contributed by atoms with Crippen LogP contribution in [0.4, 0.5) is 5.82 Å². The lowest BCUT2D eigenvalue weighted by Crippen LogP contribution is -2.08. The molecule has 0 aliphatic carbocycles. The SMILES string of the molecule is Cc1ncc(CNc2cccc(Cl)n2)n1-c1ccccc1. The molecule has 0 amide bonds. The lowest BCUT2D eigenvalue weighted by Gasteiger charge is -2.11. The summed E-state index contributed by atoms with van der Waals surface area (Å²) in [7, 11) is 0. The van der Waals surface area contributed by atoms with Gasteiger partial charge in [-0.1, -0.05) is 35.9 Å². The van der Waals surface area contributed by atoms with Gasteiger partial charge in [-0.2, -0.15) is 0 Å². The van der Waals surface area contributed by atoms with Gasteiger partial charge in [0.2, 0.25) is 0 Å². The monoisotopic (exact) mass is 298 g/mol. The summed E-state index contributed by atoms with van der Waals surface area (Å²) in [6, 6.07) is 15.7. The van der Waals surface area contributed by atoms with Crippen LogP contribution in [0.5, 0.6) is 0 Å². The molecule has 0 bridgehead atoms. The van der Waals surface area contributed by atoms with Crippen molar-refractivity contribution in [2.45, 2.75) is 13.5 Å². The van der Waals surface area contributed by atoms with Gasteiger partial charge in [0.25, 0.3) is 0 Å². The van der Waals surface area contributed by atoms with E-state index < -0.39 is 0 Å². The summed E-state index contributed by atoms with van der Waals surface area (Å²) in [4.78, 5) is 8.62. The number of aryl methyl sites for hydroxylation is 1. The molecule has 4 nitrogen and oxygen atoms in total. The standard InChI is InChI=1S/C16H15ClN4/c1-12-18-10-14(21(12)13-6-3-2-4-7-13)11-19-16-9-5-8-15(17)20-16/h2-10H,11H2,1H3,(H,19,20). The summed E-state index contributed by atoms with van der Waals surface area (Å²) in [5.41, 5.74) is 2.17. The van der Waals surface area contributed by atoms with Crippen LogP contribution in [0, 0.1) is 6.92 Å². The van der Waals surface area contributed by atoms with Crippen LogP contribution in [0.15, 0.2) is 54.7 Å². The Balaban J connectivity index is 1.84. The minimum absolute atomic E-state index is 0.479. The van der Waals surface area contributed by atoms with Crippen LogP contribution in [0.1, 0.15) is 11.5 Å². The summed E-state index contributed by atoms with van der Waals surface area (Å²) in [5.74, 6) is 1.71. The molecule has 1 N–H and O–H groups in total. The molecule has 106 valence electrons. The van der Waals surface area contributed by atoms with E-state index in [0.29, 0.717) is 11.7 Å². The van der Waals surface area contributed by atoms with Crippen molar-refractivity contribution in [2.24, 2.45) is 0 Å². The second-order valence-corrected chi connectivity index (χ2v) is 5.05. The quantitative estimate of drug-likeness (QED) is 0.744. The van der Waals surface area contributed by atoms with E-state index in [4.69, 9.17) is 11.6 Å². The number of hydrogen-bond acceptors (Lipinski definition) is 3. The fourth-order valence-corrected chi connectivity index (χ4v) is 2.40. The third-order valence-corrected chi connectivity index (χ3v) is 3.40. The largest absolute Gasteiger partial charge is 0.364 e. The zero-order chi connectivity index (χ0) is 14.7. The third-order valence-electron chi connectivity index (χ3n) is 3.19. The smallest absolute Gasteiger partial charge is 0.131 e. The van der Waals surface area contributed by atoms with E-state index in [9.17, 15) is 0 Å². The van der Waals surface area contributed by atoms with Crippen molar-refractivity contribution in [2.75, 3.05) is 5.32 Å². The molecule has 0 aliphatic rings. The van der Waals surface area contributed by atoms with Crippen molar-refractivity contribution in [1.29, 1.82) is 0 Å². The van der Waals surface area contributed by atoms with E-state index in [1.807, 2.05) is 43.5 Å². The highest BCUT2D eigenvalue weighted by Crippen LogP contribution is 2.16. The predicted molar refractivity (Wildman–Crippen MR) is 84.9 cm³/mol. The van der Waals surface area contributed by atoms with Crippen LogP contribution in [-0.2, 0) is 6.54 Å². The van der Waals surface area contributed by atoms with Crippen LogP contribution in [0.25, 0.3) is 5.69 Å². The topological polar surface area (TPSA) is 42.7 Å². The number of nitrogens with one attached hydrogen (secondary N) is 1. The number of rotatable bonds is 4. The molecular formula is C16H15ClN4. The van der Waals surface area contributed by atoms with E-state index >= 15 is 0 Å². The number of anilines is 1. The maximum atomic E-state index is 5.89. The first kappa shape index (κ1) is 13.6. The number of nitrogens with zero attached hydrogens (tertiary/aromatic N) is 3. The molecule has 0 fully saturated rings. The number of pyridine rings is 1. The predicted octanol–water partition coefficient (Wildman–Crippen LogP) is 3.84. The average Bonchev–Trinajstić information content (AvgIpc) is 2.87. The van der Waals surface area contributed by atoms with Crippen molar-refractivity contribution in [1.82, 2.24) is 14.5 Å². The molecule has 3 rings (SSSR count). The van der Waals surface area contributed by atoms with Gasteiger partial charge in [0.05, 0.1) is 18.4 Å².